The molecule has 0 aliphatic carbocycles. The Morgan fingerprint density at radius 2 is 1.77 bits per heavy atom. The number of amides is 2. The first-order valence-electron chi connectivity index (χ1n) is 8.25. The van der Waals surface area contributed by atoms with Gasteiger partial charge in [-0.25, -0.2) is 9.59 Å². The number of methoxy groups -OCH3 is 1. The Morgan fingerprint density at radius 3 is 2.42 bits per heavy atom. The molecule has 0 spiro atoms. The standard InChI is InChI=1S/C20H20N2O4/c1-13-17(18(22-20(24)21-13)15-6-4-3-5-7-15)19(23)26-12-14-8-10-16(25-2)11-9-14/h3-11,13H,12H2,1-2H3,(H2,21,22,24). The van der Waals surface area contributed by atoms with Gasteiger partial charge in [0, 0.05) is 0 Å². The van der Waals surface area contributed by atoms with Gasteiger partial charge < -0.3 is 20.1 Å². The van der Waals surface area contributed by atoms with Crippen LogP contribution in [0.1, 0.15) is 18.1 Å². The molecule has 1 aliphatic heterocycles. The van der Waals surface area contributed by atoms with Gasteiger partial charge >= 0.3 is 12.0 Å². The molecule has 6 nitrogen and oxygen atoms in total. The van der Waals surface area contributed by atoms with E-state index in [-0.39, 0.29) is 12.6 Å². The second kappa shape index (κ2) is 7.74. The maximum atomic E-state index is 12.7. The topological polar surface area (TPSA) is 76.7 Å². The van der Waals surface area contributed by atoms with Crippen LogP contribution in [0.15, 0.2) is 60.2 Å². The lowest BCUT2D eigenvalue weighted by Crippen LogP contribution is -2.48. The molecule has 134 valence electrons. The van der Waals surface area contributed by atoms with Gasteiger partial charge in [0.05, 0.1) is 24.4 Å². The van der Waals surface area contributed by atoms with Crippen LogP contribution in [0.4, 0.5) is 4.79 Å². The fourth-order valence-corrected chi connectivity index (χ4v) is 2.76. The molecule has 6 heteroatoms. The van der Waals surface area contributed by atoms with E-state index in [1.807, 2.05) is 54.6 Å². The molecule has 2 N–H and O–H groups in total. The van der Waals surface area contributed by atoms with Crippen LogP contribution in [0.5, 0.6) is 5.75 Å². The first-order valence-corrected chi connectivity index (χ1v) is 8.25. The summed E-state index contributed by atoms with van der Waals surface area (Å²) < 4.78 is 10.6. The summed E-state index contributed by atoms with van der Waals surface area (Å²) in [5.74, 6) is 0.265. The maximum Gasteiger partial charge on any atom is 0.338 e. The van der Waals surface area contributed by atoms with Crippen LogP contribution < -0.4 is 15.4 Å². The van der Waals surface area contributed by atoms with E-state index in [4.69, 9.17) is 9.47 Å². The quantitative estimate of drug-likeness (QED) is 0.812. The lowest BCUT2D eigenvalue weighted by molar-refractivity contribution is -0.140. The molecule has 1 heterocycles. The molecule has 1 unspecified atom stereocenters. The van der Waals surface area contributed by atoms with Crippen molar-refractivity contribution in [3.05, 3.63) is 71.3 Å². The molecule has 0 fully saturated rings. The number of carbonyl (C=O) groups excluding carboxylic acids is 2. The Balaban J connectivity index is 1.82. The molecule has 1 aliphatic rings. The van der Waals surface area contributed by atoms with Gasteiger partial charge in [0.1, 0.15) is 12.4 Å². The number of urea groups is 1. The minimum atomic E-state index is -0.473. The summed E-state index contributed by atoms with van der Waals surface area (Å²) >= 11 is 0. The van der Waals surface area contributed by atoms with E-state index in [0.29, 0.717) is 11.3 Å². The predicted octanol–water partition coefficient (Wildman–Crippen LogP) is 2.85. The van der Waals surface area contributed by atoms with Gasteiger partial charge in [-0.1, -0.05) is 42.5 Å². The summed E-state index contributed by atoms with van der Waals surface area (Å²) in [4.78, 5) is 24.5. The smallest absolute Gasteiger partial charge is 0.338 e. The van der Waals surface area contributed by atoms with Crippen molar-refractivity contribution in [1.82, 2.24) is 10.6 Å². The average Bonchev–Trinajstić information content (AvgIpc) is 2.66. The van der Waals surface area contributed by atoms with Crippen LogP contribution in [0, 0.1) is 0 Å². The SMILES string of the molecule is COc1ccc(COC(=O)C2=C(c3ccccc3)NC(=O)NC2C)cc1. The first kappa shape index (κ1) is 17.5. The molecule has 0 saturated carbocycles. The van der Waals surface area contributed by atoms with E-state index < -0.39 is 12.0 Å². The van der Waals surface area contributed by atoms with Crippen LogP contribution in [0.3, 0.4) is 0 Å². The zero-order valence-electron chi connectivity index (χ0n) is 14.6. The van der Waals surface area contributed by atoms with Crippen molar-refractivity contribution < 1.29 is 19.1 Å². The minimum absolute atomic E-state index is 0.134. The molecule has 2 amide bonds. The predicted molar refractivity (Wildman–Crippen MR) is 97.3 cm³/mol. The normalized spacial score (nSPS) is 16.5. The Bertz CT molecular complexity index is 829. The van der Waals surface area contributed by atoms with Crippen LogP contribution >= 0.6 is 0 Å². The van der Waals surface area contributed by atoms with Crippen molar-refractivity contribution in [2.24, 2.45) is 0 Å². The fraction of sp³-hybridized carbons (Fsp3) is 0.200. The third-order valence-electron chi connectivity index (χ3n) is 4.10. The van der Waals surface area contributed by atoms with Gasteiger partial charge in [-0.3, -0.25) is 0 Å². The van der Waals surface area contributed by atoms with E-state index in [2.05, 4.69) is 10.6 Å². The van der Waals surface area contributed by atoms with Crippen LogP contribution in [0.25, 0.3) is 5.70 Å². The van der Waals surface area contributed by atoms with Crippen molar-refractivity contribution in [3.8, 4) is 5.75 Å². The van der Waals surface area contributed by atoms with Gasteiger partial charge in [0.2, 0.25) is 0 Å². The Hall–Kier alpha value is -3.28. The Labute approximate surface area is 151 Å². The maximum absolute atomic E-state index is 12.7. The molecule has 26 heavy (non-hydrogen) atoms. The second-order valence-electron chi connectivity index (χ2n) is 5.90. The summed E-state index contributed by atoms with van der Waals surface area (Å²) in [5, 5.41) is 5.42. The fourth-order valence-electron chi connectivity index (χ4n) is 2.76. The van der Waals surface area contributed by atoms with Gasteiger partial charge in [-0.05, 0) is 30.2 Å². The number of carbonyl (C=O) groups is 2. The zero-order valence-corrected chi connectivity index (χ0v) is 14.6. The third kappa shape index (κ3) is 3.85. The number of rotatable bonds is 5. The molecule has 3 rings (SSSR count). The number of nitrogens with one attached hydrogen (secondary N) is 2. The number of ether oxygens (including phenoxy) is 2. The van der Waals surface area contributed by atoms with E-state index in [1.165, 1.54) is 0 Å². The first-order chi connectivity index (χ1) is 12.6. The average molecular weight is 352 g/mol. The summed E-state index contributed by atoms with van der Waals surface area (Å²) in [7, 11) is 1.60. The van der Waals surface area contributed by atoms with Crippen molar-refractivity contribution in [2.75, 3.05) is 7.11 Å². The van der Waals surface area contributed by atoms with Crippen LogP contribution in [0.2, 0.25) is 0 Å². The molecule has 0 aromatic heterocycles. The van der Waals surface area contributed by atoms with Gasteiger partial charge in [-0.2, -0.15) is 0 Å². The molecular formula is C20H20N2O4. The molecular weight excluding hydrogens is 332 g/mol. The molecule has 2 aromatic carbocycles. The highest BCUT2D eigenvalue weighted by atomic mass is 16.5. The summed E-state index contributed by atoms with van der Waals surface area (Å²) in [5.41, 5.74) is 2.47. The lowest BCUT2D eigenvalue weighted by atomic mass is 9.99. The van der Waals surface area contributed by atoms with E-state index in [0.717, 1.165) is 16.9 Å². The Kier molecular flexibility index (Phi) is 5.22. The second-order valence-corrected chi connectivity index (χ2v) is 5.90. The van der Waals surface area contributed by atoms with Gasteiger partial charge in [0.25, 0.3) is 0 Å². The third-order valence-corrected chi connectivity index (χ3v) is 4.10. The molecule has 0 radical (unpaired) electrons. The van der Waals surface area contributed by atoms with Crippen molar-refractivity contribution in [1.29, 1.82) is 0 Å². The number of esters is 1. The van der Waals surface area contributed by atoms with Gasteiger partial charge in [0.15, 0.2) is 0 Å². The highest BCUT2D eigenvalue weighted by molar-refractivity contribution is 6.04. The largest absolute Gasteiger partial charge is 0.497 e. The minimum Gasteiger partial charge on any atom is -0.497 e. The van der Waals surface area contributed by atoms with E-state index in [9.17, 15) is 9.59 Å². The zero-order chi connectivity index (χ0) is 18.5. The molecule has 0 saturated heterocycles. The van der Waals surface area contributed by atoms with Crippen LogP contribution in [-0.4, -0.2) is 25.2 Å². The molecule has 2 aromatic rings. The van der Waals surface area contributed by atoms with Gasteiger partial charge in [-0.15, -0.1) is 0 Å². The summed E-state index contributed by atoms with van der Waals surface area (Å²) in [6, 6.07) is 15.7. The molecule has 1 atom stereocenters. The number of benzene rings is 2. The van der Waals surface area contributed by atoms with Crippen molar-refractivity contribution >= 4 is 17.7 Å². The number of hydrogen-bond donors (Lipinski definition) is 2. The van der Waals surface area contributed by atoms with E-state index in [1.54, 1.807) is 14.0 Å². The number of hydrogen-bond acceptors (Lipinski definition) is 4. The van der Waals surface area contributed by atoms with E-state index >= 15 is 0 Å². The van der Waals surface area contributed by atoms with Crippen molar-refractivity contribution in [3.63, 3.8) is 0 Å². The summed E-state index contributed by atoms with van der Waals surface area (Å²) in [6.07, 6.45) is 0. The Morgan fingerprint density at radius 1 is 1.08 bits per heavy atom. The highest BCUT2D eigenvalue weighted by Gasteiger charge is 2.30. The van der Waals surface area contributed by atoms with Crippen molar-refractivity contribution in [2.45, 2.75) is 19.6 Å². The monoisotopic (exact) mass is 352 g/mol. The van der Waals surface area contributed by atoms with Crippen LogP contribution in [-0.2, 0) is 16.1 Å². The molecule has 0 bridgehead atoms. The highest BCUT2D eigenvalue weighted by Crippen LogP contribution is 2.23. The summed E-state index contributed by atoms with van der Waals surface area (Å²) in [6.45, 7) is 1.89. The lowest BCUT2D eigenvalue weighted by Gasteiger charge is -2.26.